The number of hydrogen-bond acceptors (Lipinski definition) is 4. The van der Waals surface area contributed by atoms with Crippen LogP contribution >= 0.6 is 0 Å². The lowest BCUT2D eigenvalue weighted by Gasteiger charge is -2.26. The standard InChI is InChI=1S/C11H20N2O3S/c1-8-5-12-6-9(8)10(14)13-11(2)3-4-17(15,16)7-11/h8-9,12H,3-7H2,1-2H3,(H,13,14). The summed E-state index contributed by atoms with van der Waals surface area (Å²) in [5.41, 5.74) is -0.571. The first-order valence-electron chi connectivity index (χ1n) is 6.04. The summed E-state index contributed by atoms with van der Waals surface area (Å²) in [5.74, 6) is 0.525. The molecule has 3 atom stereocenters. The average molecular weight is 260 g/mol. The number of carbonyl (C=O) groups is 1. The van der Waals surface area contributed by atoms with Crippen LogP contribution in [0.3, 0.4) is 0 Å². The third-order valence-electron chi connectivity index (χ3n) is 3.78. The van der Waals surface area contributed by atoms with Gasteiger partial charge >= 0.3 is 0 Å². The Bertz CT molecular complexity index is 420. The fourth-order valence-electron chi connectivity index (χ4n) is 2.66. The van der Waals surface area contributed by atoms with Crippen LogP contribution in [0.1, 0.15) is 20.3 Å². The quantitative estimate of drug-likeness (QED) is 0.704. The smallest absolute Gasteiger partial charge is 0.225 e. The van der Waals surface area contributed by atoms with Gasteiger partial charge in [0.25, 0.3) is 0 Å². The van der Waals surface area contributed by atoms with Crippen LogP contribution in [0.15, 0.2) is 0 Å². The van der Waals surface area contributed by atoms with Crippen LogP contribution in [0.25, 0.3) is 0 Å². The molecule has 0 bridgehead atoms. The maximum atomic E-state index is 12.1. The van der Waals surface area contributed by atoms with E-state index in [9.17, 15) is 13.2 Å². The SMILES string of the molecule is CC1CNCC1C(=O)NC1(C)CCS(=O)(=O)C1. The van der Waals surface area contributed by atoms with E-state index < -0.39 is 15.4 Å². The van der Waals surface area contributed by atoms with Crippen LogP contribution < -0.4 is 10.6 Å². The minimum Gasteiger partial charge on any atom is -0.350 e. The Balaban J connectivity index is 1.99. The highest BCUT2D eigenvalue weighted by Gasteiger charge is 2.41. The predicted molar refractivity (Wildman–Crippen MR) is 65.3 cm³/mol. The minimum atomic E-state index is -2.97. The number of sulfone groups is 1. The molecule has 3 unspecified atom stereocenters. The van der Waals surface area contributed by atoms with Crippen molar-refractivity contribution < 1.29 is 13.2 Å². The Morgan fingerprint density at radius 2 is 2.12 bits per heavy atom. The molecule has 1 amide bonds. The van der Waals surface area contributed by atoms with Crippen molar-refractivity contribution in [2.45, 2.75) is 25.8 Å². The second kappa shape index (κ2) is 4.24. The Morgan fingerprint density at radius 1 is 1.41 bits per heavy atom. The Kier molecular flexibility index (Phi) is 3.20. The van der Waals surface area contributed by atoms with Gasteiger partial charge in [-0.05, 0) is 25.8 Å². The van der Waals surface area contributed by atoms with Crippen LogP contribution in [0.5, 0.6) is 0 Å². The van der Waals surface area contributed by atoms with E-state index in [2.05, 4.69) is 10.6 Å². The summed E-state index contributed by atoms with van der Waals surface area (Å²) in [6, 6.07) is 0. The van der Waals surface area contributed by atoms with E-state index in [1.54, 1.807) is 0 Å². The van der Waals surface area contributed by atoms with E-state index in [0.717, 1.165) is 6.54 Å². The van der Waals surface area contributed by atoms with E-state index in [4.69, 9.17) is 0 Å². The van der Waals surface area contributed by atoms with Crippen LogP contribution in [-0.2, 0) is 14.6 Å². The first-order valence-corrected chi connectivity index (χ1v) is 7.87. The van der Waals surface area contributed by atoms with Gasteiger partial charge in [-0.3, -0.25) is 4.79 Å². The molecule has 6 heteroatoms. The van der Waals surface area contributed by atoms with Crippen molar-refractivity contribution >= 4 is 15.7 Å². The second-order valence-electron chi connectivity index (χ2n) is 5.63. The maximum Gasteiger partial charge on any atom is 0.225 e. The van der Waals surface area contributed by atoms with Crippen molar-refractivity contribution in [1.29, 1.82) is 0 Å². The summed E-state index contributed by atoms with van der Waals surface area (Å²) in [4.78, 5) is 12.1. The second-order valence-corrected chi connectivity index (χ2v) is 7.82. The van der Waals surface area contributed by atoms with Gasteiger partial charge in [0.05, 0.1) is 23.0 Å². The van der Waals surface area contributed by atoms with Gasteiger partial charge in [-0.1, -0.05) is 6.92 Å². The fraction of sp³-hybridized carbons (Fsp3) is 0.909. The van der Waals surface area contributed by atoms with Crippen LogP contribution in [-0.4, -0.2) is 44.5 Å². The summed E-state index contributed by atoms with van der Waals surface area (Å²) < 4.78 is 22.9. The largest absolute Gasteiger partial charge is 0.350 e. The molecule has 0 spiro atoms. The van der Waals surface area contributed by atoms with Crippen molar-refractivity contribution in [1.82, 2.24) is 10.6 Å². The molecule has 0 saturated carbocycles. The van der Waals surface area contributed by atoms with Gasteiger partial charge in [0.1, 0.15) is 0 Å². The van der Waals surface area contributed by atoms with E-state index in [1.807, 2.05) is 13.8 Å². The molecule has 2 heterocycles. The fourth-order valence-corrected chi connectivity index (χ4v) is 4.75. The third kappa shape index (κ3) is 2.80. The third-order valence-corrected chi connectivity index (χ3v) is 5.69. The molecule has 17 heavy (non-hydrogen) atoms. The Morgan fingerprint density at radius 3 is 2.59 bits per heavy atom. The number of nitrogens with one attached hydrogen (secondary N) is 2. The van der Waals surface area contributed by atoms with Crippen LogP contribution in [0, 0.1) is 11.8 Å². The highest BCUT2D eigenvalue weighted by molar-refractivity contribution is 7.91. The molecule has 2 fully saturated rings. The van der Waals surface area contributed by atoms with Gasteiger partial charge in [0.15, 0.2) is 9.84 Å². The first kappa shape index (κ1) is 12.8. The van der Waals surface area contributed by atoms with Crippen molar-refractivity contribution in [3.63, 3.8) is 0 Å². The van der Waals surface area contributed by atoms with Crippen LogP contribution in [0.4, 0.5) is 0 Å². The summed E-state index contributed by atoms with van der Waals surface area (Å²) in [6.45, 7) is 5.41. The Labute approximate surface area is 102 Å². The first-order chi connectivity index (χ1) is 7.81. The topological polar surface area (TPSA) is 75.3 Å². The molecule has 0 aromatic heterocycles. The summed E-state index contributed by atoms with van der Waals surface area (Å²) in [5, 5.41) is 6.10. The van der Waals surface area contributed by atoms with Gasteiger partial charge in [-0.25, -0.2) is 8.42 Å². The predicted octanol–water partition coefficient (Wildman–Crippen LogP) is -0.465. The van der Waals surface area contributed by atoms with E-state index >= 15 is 0 Å². The molecule has 98 valence electrons. The molecule has 0 aromatic rings. The molecule has 5 nitrogen and oxygen atoms in total. The zero-order valence-electron chi connectivity index (χ0n) is 10.3. The lowest BCUT2D eigenvalue weighted by Crippen LogP contribution is -2.50. The highest BCUT2D eigenvalue weighted by Crippen LogP contribution is 2.24. The zero-order chi connectivity index (χ0) is 12.7. The highest BCUT2D eigenvalue weighted by atomic mass is 32.2. The van der Waals surface area contributed by atoms with Gasteiger partial charge in [-0.15, -0.1) is 0 Å². The molecule has 0 aliphatic carbocycles. The average Bonchev–Trinajstić information content (AvgIpc) is 2.70. The maximum absolute atomic E-state index is 12.1. The van der Waals surface area contributed by atoms with Gasteiger partial charge < -0.3 is 10.6 Å². The number of carbonyl (C=O) groups excluding carboxylic acids is 1. The van der Waals surface area contributed by atoms with Crippen LogP contribution in [0.2, 0.25) is 0 Å². The normalized spacial score (nSPS) is 40.4. The summed E-state index contributed by atoms with van der Waals surface area (Å²) in [6.07, 6.45) is 0.523. The molecule has 0 radical (unpaired) electrons. The minimum absolute atomic E-state index is 0.0119. The number of rotatable bonds is 2. The van der Waals surface area contributed by atoms with E-state index in [1.165, 1.54) is 0 Å². The molecular weight excluding hydrogens is 240 g/mol. The monoisotopic (exact) mass is 260 g/mol. The number of amides is 1. The summed E-state index contributed by atoms with van der Waals surface area (Å²) >= 11 is 0. The van der Waals surface area contributed by atoms with Crippen molar-refractivity contribution in [2.24, 2.45) is 11.8 Å². The van der Waals surface area contributed by atoms with Gasteiger partial charge in [-0.2, -0.15) is 0 Å². The molecule has 2 rings (SSSR count). The van der Waals surface area contributed by atoms with Gasteiger partial charge in [0.2, 0.25) is 5.91 Å². The summed E-state index contributed by atoms with van der Waals surface area (Å²) in [7, 11) is -2.97. The molecule has 0 aromatic carbocycles. The lowest BCUT2D eigenvalue weighted by atomic mass is 9.94. The van der Waals surface area contributed by atoms with Gasteiger partial charge in [0, 0.05) is 6.54 Å². The van der Waals surface area contributed by atoms with Crippen molar-refractivity contribution in [2.75, 3.05) is 24.6 Å². The molecule has 2 saturated heterocycles. The molecule has 2 aliphatic heterocycles. The van der Waals surface area contributed by atoms with E-state index in [-0.39, 0.29) is 23.3 Å². The molecule has 2 aliphatic rings. The molecular formula is C11H20N2O3S. The van der Waals surface area contributed by atoms with Crippen molar-refractivity contribution in [3.05, 3.63) is 0 Å². The van der Waals surface area contributed by atoms with Crippen molar-refractivity contribution in [3.8, 4) is 0 Å². The number of hydrogen-bond donors (Lipinski definition) is 2. The molecule has 2 N–H and O–H groups in total. The zero-order valence-corrected chi connectivity index (χ0v) is 11.1. The Hall–Kier alpha value is -0.620. The lowest BCUT2D eigenvalue weighted by molar-refractivity contribution is -0.126. The van der Waals surface area contributed by atoms with E-state index in [0.29, 0.717) is 18.9 Å².